The van der Waals surface area contributed by atoms with Crippen molar-refractivity contribution in [2.75, 3.05) is 52.8 Å². The van der Waals surface area contributed by atoms with E-state index in [9.17, 15) is 13.2 Å². The smallest absolute Gasteiger partial charge is 0.260 e. The third-order valence-corrected chi connectivity index (χ3v) is 8.96. The second-order valence-electron chi connectivity index (χ2n) is 8.39. The molecular formula is C24H32Cl2N4O4S2. The van der Waals surface area contributed by atoms with Crippen LogP contribution < -0.4 is 9.64 Å². The molecule has 1 amide bonds. The molecule has 198 valence electrons. The van der Waals surface area contributed by atoms with Gasteiger partial charge in [-0.25, -0.2) is 17.7 Å². The lowest BCUT2D eigenvalue weighted by Crippen LogP contribution is -2.36. The number of methoxy groups -OCH3 is 1. The van der Waals surface area contributed by atoms with Gasteiger partial charge in [-0.05, 0) is 56.9 Å². The molecule has 36 heavy (non-hydrogen) atoms. The Morgan fingerprint density at radius 1 is 1.06 bits per heavy atom. The molecule has 0 radical (unpaired) electrons. The Morgan fingerprint density at radius 2 is 1.72 bits per heavy atom. The van der Waals surface area contributed by atoms with Gasteiger partial charge in [0.05, 0.1) is 21.7 Å². The number of amides is 1. The number of sulfonamides is 1. The second kappa shape index (κ2) is 13.0. The zero-order valence-electron chi connectivity index (χ0n) is 21.0. The molecule has 0 spiro atoms. The lowest BCUT2D eigenvalue weighted by atomic mass is 10.2. The molecule has 0 saturated heterocycles. The summed E-state index contributed by atoms with van der Waals surface area (Å²) < 4.78 is 33.2. The van der Waals surface area contributed by atoms with Crippen LogP contribution in [0.5, 0.6) is 5.75 Å². The van der Waals surface area contributed by atoms with Crippen molar-refractivity contribution in [1.82, 2.24) is 14.2 Å². The topological polar surface area (TPSA) is 83.1 Å². The van der Waals surface area contributed by atoms with E-state index in [1.165, 1.54) is 27.8 Å². The number of carbonyl (C=O) groups excluding carboxylic acids is 1. The summed E-state index contributed by atoms with van der Waals surface area (Å²) in [5.74, 6) is 0.304. The number of fused-ring (bicyclic) bond motifs is 1. The summed E-state index contributed by atoms with van der Waals surface area (Å²) in [6, 6.07) is 9.55. The average molecular weight is 576 g/mol. The Morgan fingerprint density at radius 3 is 2.31 bits per heavy atom. The molecule has 0 fully saturated rings. The third-order valence-electron chi connectivity index (χ3n) is 5.55. The molecular weight excluding hydrogens is 543 g/mol. The van der Waals surface area contributed by atoms with Crippen LogP contribution in [0.1, 0.15) is 30.1 Å². The Hall–Kier alpha value is -1.95. The number of nitrogens with zero attached hydrogens (tertiary/aromatic N) is 4. The monoisotopic (exact) mass is 574 g/mol. The summed E-state index contributed by atoms with van der Waals surface area (Å²) in [5, 5.41) is 1.03. The van der Waals surface area contributed by atoms with Crippen molar-refractivity contribution in [3.63, 3.8) is 0 Å². The SMILES string of the molecule is CCCCN(C)S(=O)(=O)c1ccc(C(=O)N(CCN(C)C)c2nc3c(OC)ccc(Cl)c3s2)cc1.Cl. The maximum absolute atomic E-state index is 13.6. The van der Waals surface area contributed by atoms with Gasteiger partial charge < -0.3 is 9.64 Å². The van der Waals surface area contributed by atoms with Crippen LogP contribution in [0.4, 0.5) is 5.13 Å². The fourth-order valence-electron chi connectivity index (χ4n) is 3.41. The number of thiazole rings is 1. The number of carbonyl (C=O) groups is 1. The maximum atomic E-state index is 13.6. The van der Waals surface area contributed by atoms with Crippen LogP contribution in [0.25, 0.3) is 10.2 Å². The molecule has 3 aromatic rings. The quantitative estimate of drug-likeness (QED) is 0.320. The number of ether oxygens (including phenoxy) is 1. The van der Waals surface area contributed by atoms with E-state index >= 15 is 0 Å². The Labute approximate surface area is 228 Å². The summed E-state index contributed by atoms with van der Waals surface area (Å²) in [7, 11) is 3.37. The molecule has 2 aromatic carbocycles. The molecule has 1 heterocycles. The minimum absolute atomic E-state index is 0. The Balaban J connectivity index is 0.00000456. The standard InChI is InChI=1S/C24H31ClN4O4S2.ClH/c1-6-7-14-28(4)35(31,32)18-10-8-17(9-11-18)23(30)29(16-15-27(2)3)24-26-21-20(33-5)13-12-19(25)22(21)34-24;/h8-13H,6-7,14-16H2,1-5H3;1H. The number of benzene rings is 2. The van der Waals surface area contributed by atoms with E-state index in [0.717, 1.165) is 17.5 Å². The van der Waals surface area contributed by atoms with Crippen LogP contribution in [0.15, 0.2) is 41.3 Å². The fraction of sp³-hybridized carbons (Fsp3) is 0.417. The molecule has 0 atom stereocenters. The van der Waals surface area contributed by atoms with Crippen molar-refractivity contribution < 1.29 is 17.9 Å². The molecule has 0 aliphatic rings. The van der Waals surface area contributed by atoms with E-state index in [1.807, 2.05) is 25.9 Å². The number of hydrogen-bond acceptors (Lipinski definition) is 7. The van der Waals surface area contributed by atoms with Crippen molar-refractivity contribution >= 4 is 66.6 Å². The highest BCUT2D eigenvalue weighted by Gasteiger charge is 2.25. The largest absolute Gasteiger partial charge is 0.494 e. The fourth-order valence-corrected chi connectivity index (χ4v) is 5.90. The number of halogens is 2. The first-order chi connectivity index (χ1) is 16.6. The number of likely N-dealkylation sites (N-methyl/N-ethyl adjacent to an activating group) is 1. The minimum Gasteiger partial charge on any atom is -0.494 e. The van der Waals surface area contributed by atoms with Gasteiger partial charge in [0.15, 0.2) is 5.13 Å². The molecule has 0 aliphatic heterocycles. The number of unbranched alkanes of at least 4 members (excludes halogenated alkanes) is 1. The van der Waals surface area contributed by atoms with Gasteiger partial charge in [-0.1, -0.05) is 36.3 Å². The molecule has 0 unspecified atom stereocenters. The first-order valence-corrected chi connectivity index (χ1v) is 13.9. The zero-order valence-corrected chi connectivity index (χ0v) is 24.2. The molecule has 0 aliphatic carbocycles. The van der Waals surface area contributed by atoms with Crippen LogP contribution in [0, 0.1) is 0 Å². The van der Waals surface area contributed by atoms with E-state index in [2.05, 4.69) is 4.98 Å². The first kappa shape index (κ1) is 30.3. The van der Waals surface area contributed by atoms with Crippen molar-refractivity contribution in [2.24, 2.45) is 0 Å². The molecule has 0 N–H and O–H groups in total. The van der Waals surface area contributed by atoms with Crippen molar-refractivity contribution in [2.45, 2.75) is 24.7 Å². The minimum atomic E-state index is -3.61. The number of anilines is 1. The molecule has 8 nitrogen and oxygen atoms in total. The molecule has 3 rings (SSSR count). The summed E-state index contributed by atoms with van der Waals surface area (Å²) in [6.07, 6.45) is 1.68. The maximum Gasteiger partial charge on any atom is 0.260 e. The zero-order chi connectivity index (χ0) is 25.8. The molecule has 0 bridgehead atoms. The van der Waals surface area contributed by atoms with Gasteiger partial charge in [0.1, 0.15) is 11.3 Å². The molecule has 0 saturated carbocycles. The predicted octanol–water partition coefficient (Wildman–Crippen LogP) is 5.01. The van der Waals surface area contributed by atoms with Gasteiger partial charge in [-0.2, -0.15) is 0 Å². The Kier molecular flexibility index (Phi) is 11.0. The summed E-state index contributed by atoms with van der Waals surface area (Å²) in [6.45, 7) is 3.46. The molecule has 1 aromatic heterocycles. The van der Waals surface area contributed by atoms with Gasteiger partial charge in [0, 0.05) is 32.2 Å². The average Bonchev–Trinajstić information content (AvgIpc) is 3.28. The normalized spacial score (nSPS) is 11.7. The highest BCUT2D eigenvalue weighted by Crippen LogP contribution is 2.39. The van der Waals surface area contributed by atoms with Gasteiger partial charge >= 0.3 is 0 Å². The molecule has 12 heteroatoms. The van der Waals surface area contributed by atoms with E-state index in [1.54, 1.807) is 43.3 Å². The van der Waals surface area contributed by atoms with Crippen LogP contribution >= 0.6 is 35.3 Å². The summed E-state index contributed by atoms with van der Waals surface area (Å²) in [5.41, 5.74) is 0.968. The van der Waals surface area contributed by atoms with Crippen molar-refractivity contribution in [1.29, 1.82) is 0 Å². The summed E-state index contributed by atoms with van der Waals surface area (Å²) >= 11 is 7.70. The number of hydrogen-bond donors (Lipinski definition) is 0. The second-order valence-corrected chi connectivity index (χ2v) is 11.8. The van der Waals surface area contributed by atoms with Crippen LogP contribution in [-0.4, -0.2) is 76.4 Å². The van der Waals surface area contributed by atoms with E-state index in [-0.39, 0.29) is 23.2 Å². The lowest BCUT2D eigenvalue weighted by Gasteiger charge is -2.22. The predicted molar refractivity (Wildman–Crippen MR) is 150 cm³/mol. The highest BCUT2D eigenvalue weighted by molar-refractivity contribution is 7.89. The number of rotatable bonds is 11. The highest BCUT2D eigenvalue weighted by atomic mass is 35.5. The van der Waals surface area contributed by atoms with Crippen LogP contribution in [0.2, 0.25) is 5.02 Å². The van der Waals surface area contributed by atoms with Gasteiger partial charge in [-0.15, -0.1) is 12.4 Å². The summed E-state index contributed by atoms with van der Waals surface area (Å²) in [4.78, 5) is 22.0. The van der Waals surface area contributed by atoms with Gasteiger partial charge in [0.25, 0.3) is 5.91 Å². The third kappa shape index (κ3) is 6.67. The van der Waals surface area contributed by atoms with Gasteiger partial charge in [-0.3, -0.25) is 9.69 Å². The van der Waals surface area contributed by atoms with E-state index in [4.69, 9.17) is 16.3 Å². The lowest BCUT2D eigenvalue weighted by molar-refractivity contribution is 0.0985. The first-order valence-electron chi connectivity index (χ1n) is 11.3. The van der Waals surface area contributed by atoms with Crippen LogP contribution in [0.3, 0.4) is 0 Å². The Bertz CT molecular complexity index is 1280. The van der Waals surface area contributed by atoms with E-state index < -0.39 is 10.0 Å². The van der Waals surface area contributed by atoms with E-state index in [0.29, 0.717) is 46.6 Å². The van der Waals surface area contributed by atoms with Crippen molar-refractivity contribution in [3.05, 3.63) is 47.0 Å². The van der Waals surface area contributed by atoms with Crippen molar-refractivity contribution in [3.8, 4) is 5.75 Å². The number of aromatic nitrogens is 1. The van der Waals surface area contributed by atoms with Crippen LogP contribution in [-0.2, 0) is 10.0 Å². The van der Waals surface area contributed by atoms with Gasteiger partial charge in [0.2, 0.25) is 10.0 Å².